The van der Waals surface area contributed by atoms with E-state index in [0.29, 0.717) is 0 Å². The molecule has 0 spiro atoms. The zero-order valence-corrected chi connectivity index (χ0v) is 6.09. The van der Waals surface area contributed by atoms with Gasteiger partial charge in [0.25, 0.3) is 0 Å². The molecule has 0 aliphatic heterocycles. The van der Waals surface area contributed by atoms with Crippen LogP contribution in [0.5, 0.6) is 0 Å². The van der Waals surface area contributed by atoms with Gasteiger partial charge < -0.3 is 0 Å². The highest BCUT2D eigenvalue weighted by molar-refractivity contribution is 5.72. The van der Waals surface area contributed by atoms with Gasteiger partial charge in [-0.05, 0) is 10.3 Å². The van der Waals surface area contributed by atoms with Crippen LogP contribution in [0.25, 0.3) is 11.3 Å². The highest BCUT2D eigenvalue weighted by Gasteiger charge is 2.10. The smallest absolute Gasteiger partial charge is 0.245 e. The molecule has 13 heavy (non-hydrogen) atoms. The Kier molecular flexibility index (Phi) is 1.65. The third-order valence-corrected chi connectivity index (χ3v) is 1.33. The quantitative estimate of drug-likeness (QED) is 0.461. The maximum Gasteiger partial charge on any atom is 0.245 e. The van der Waals surface area contributed by atoms with Gasteiger partial charge in [-0.25, -0.2) is 15.6 Å². The van der Waals surface area contributed by atoms with E-state index in [1.807, 2.05) is 0 Å². The van der Waals surface area contributed by atoms with Crippen LogP contribution < -0.4 is 11.0 Å². The average Bonchev–Trinajstić information content (AvgIpc) is 2.62. The minimum Gasteiger partial charge on any atom is -0.290 e. The van der Waals surface area contributed by atoms with Crippen molar-refractivity contribution in [2.75, 3.05) is 11.0 Å². The van der Waals surface area contributed by atoms with Crippen LogP contribution in [0, 0.1) is 0 Å². The zero-order chi connectivity index (χ0) is 9.26. The summed E-state index contributed by atoms with van der Waals surface area (Å²) in [7, 11) is 0. The fourth-order valence-electron chi connectivity index (χ4n) is 0.794. The Morgan fingerprint density at radius 3 is 1.77 bits per heavy atom. The Morgan fingerprint density at radius 1 is 0.923 bits per heavy atom. The maximum atomic E-state index is 8.56. The molecule has 2 heterocycles. The van der Waals surface area contributed by atoms with Gasteiger partial charge >= 0.3 is 0 Å². The number of rotatable bonds is 2. The first-order chi connectivity index (χ1) is 6.35. The molecule has 2 aromatic heterocycles. The first-order valence-electron chi connectivity index (χ1n) is 3.15. The van der Waals surface area contributed by atoms with Crippen molar-refractivity contribution < 1.29 is 15.0 Å². The second-order valence-corrected chi connectivity index (χ2v) is 2.06. The van der Waals surface area contributed by atoms with Crippen molar-refractivity contribution >= 4 is 22.9 Å². The van der Waals surface area contributed by atoms with Gasteiger partial charge in [0.1, 0.15) is 0 Å². The van der Waals surface area contributed by atoms with E-state index in [2.05, 4.69) is 24.9 Å². The first-order valence-corrected chi connectivity index (χ1v) is 3.15. The van der Waals surface area contributed by atoms with Crippen molar-refractivity contribution in [1.29, 1.82) is 0 Å². The summed E-state index contributed by atoms with van der Waals surface area (Å²) >= 11 is 0. The molecule has 2 rings (SSSR count). The first kappa shape index (κ1) is 7.64. The lowest BCUT2D eigenvalue weighted by atomic mass is 10.6. The van der Waals surface area contributed by atoms with E-state index in [4.69, 9.17) is 10.4 Å². The number of hydrogen-bond donors (Lipinski definition) is 4. The Hall–Kier alpha value is -2.00. The molecule has 0 aromatic carbocycles. The van der Waals surface area contributed by atoms with Crippen LogP contribution in [0.1, 0.15) is 0 Å². The minimum atomic E-state index is -0.0781. The zero-order valence-electron chi connectivity index (χ0n) is 6.09. The number of fused-ring (bicyclic) bond motifs is 1. The van der Waals surface area contributed by atoms with Gasteiger partial charge in [-0.1, -0.05) is 0 Å². The number of nitrogens with zero attached hydrogens (tertiary/aromatic N) is 4. The number of aromatic nitrogens is 4. The van der Waals surface area contributed by atoms with Crippen molar-refractivity contribution in [3.05, 3.63) is 0 Å². The molecule has 0 atom stereocenters. The Balaban J connectivity index is 2.67. The Bertz CT molecular complexity index is 389. The predicted molar refractivity (Wildman–Crippen MR) is 38.2 cm³/mol. The third-order valence-electron chi connectivity index (χ3n) is 1.33. The Labute approximate surface area is 70.3 Å². The van der Waals surface area contributed by atoms with Crippen molar-refractivity contribution in [3.63, 3.8) is 0 Å². The lowest BCUT2D eigenvalue weighted by Crippen LogP contribution is -2.03. The molecule has 0 unspecified atom stereocenters. The summed E-state index contributed by atoms with van der Waals surface area (Å²) in [6, 6.07) is 0. The highest BCUT2D eigenvalue weighted by atomic mass is 16.6. The molecule has 9 heteroatoms. The Morgan fingerprint density at radius 2 is 1.38 bits per heavy atom. The van der Waals surface area contributed by atoms with E-state index < -0.39 is 0 Å². The number of anilines is 2. The second kappa shape index (κ2) is 2.80. The fraction of sp³-hybridized carbons (Fsp3) is 0. The molecule has 2 aromatic rings. The molecular weight excluding hydrogens is 180 g/mol. The van der Waals surface area contributed by atoms with E-state index in [1.165, 1.54) is 0 Å². The molecule has 0 amide bonds. The van der Waals surface area contributed by atoms with Gasteiger partial charge in [0.2, 0.25) is 11.3 Å². The number of nitrogens with one attached hydrogen (secondary N) is 2. The predicted octanol–water partition coefficient (Wildman–Crippen LogP) is -0.385. The van der Waals surface area contributed by atoms with E-state index in [-0.39, 0.29) is 22.9 Å². The maximum absolute atomic E-state index is 8.56. The monoisotopic (exact) mass is 184 g/mol. The van der Waals surface area contributed by atoms with Gasteiger partial charge in [0, 0.05) is 0 Å². The van der Waals surface area contributed by atoms with Gasteiger partial charge in [-0.3, -0.25) is 10.4 Å². The number of hydrogen-bond acceptors (Lipinski definition) is 9. The molecule has 0 fully saturated rings. The topological polar surface area (TPSA) is 129 Å². The molecule has 0 radical (unpaired) electrons. The summed E-state index contributed by atoms with van der Waals surface area (Å²) in [6.07, 6.45) is 0. The summed E-state index contributed by atoms with van der Waals surface area (Å²) in [4.78, 5) is 7.42. The molecule has 0 saturated carbocycles. The highest BCUT2D eigenvalue weighted by Crippen LogP contribution is 2.17. The second-order valence-electron chi connectivity index (χ2n) is 2.06. The molecule has 4 N–H and O–H groups in total. The molecule has 0 aliphatic carbocycles. The van der Waals surface area contributed by atoms with Gasteiger partial charge in [-0.15, -0.1) is 0 Å². The fourth-order valence-corrected chi connectivity index (χ4v) is 0.794. The van der Waals surface area contributed by atoms with Crippen LogP contribution >= 0.6 is 0 Å². The van der Waals surface area contributed by atoms with Crippen LogP contribution in [0.2, 0.25) is 0 Å². The van der Waals surface area contributed by atoms with Crippen molar-refractivity contribution in [3.8, 4) is 0 Å². The molecule has 68 valence electrons. The standard InChI is InChI=1S/C4H4N6O3/c11-7-1-2(8-12)6-4-3(5-1)9-13-10-4/h11-12H,(H,5,7,9)(H,6,8,10). The van der Waals surface area contributed by atoms with Gasteiger partial charge in [0.05, 0.1) is 0 Å². The normalized spacial score (nSPS) is 10.3. The lowest BCUT2D eigenvalue weighted by Gasteiger charge is -2.01. The summed E-state index contributed by atoms with van der Waals surface area (Å²) in [6.45, 7) is 0. The van der Waals surface area contributed by atoms with Crippen molar-refractivity contribution in [2.45, 2.75) is 0 Å². The van der Waals surface area contributed by atoms with Crippen LogP contribution in [-0.4, -0.2) is 30.7 Å². The van der Waals surface area contributed by atoms with Crippen LogP contribution in [-0.2, 0) is 0 Å². The molecule has 0 aliphatic rings. The largest absolute Gasteiger partial charge is 0.290 e. The average molecular weight is 184 g/mol. The molecular formula is C4H4N6O3. The summed E-state index contributed by atoms with van der Waals surface area (Å²) < 4.78 is 4.32. The van der Waals surface area contributed by atoms with Crippen LogP contribution in [0.15, 0.2) is 4.63 Å². The molecule has 9 nitrogen and oxygen atoms in total. The van der Waals surface area contributed by atoms with E-state index >= 15 is 0 Å². The van der Waals surface area contributed by atoms with E-state index in [9.17, 15) is 0 Å². The van der Waals surface area contributed by atoms with E-state index in [0.717, 1.165) is 0 Å². The minimum absolute atomic E-state index is 0.0781. The van der Waals surface area contributed by atoms with Crippen LogP contribution in [0.4, 0.5) is 11.6 Å². The third kappa shape index (κ3) is 1.11. The molecule has 0 bridgehead atoms. The van der Waals surface area contributed by atoms with Gasteiger partial charge in [-0.2, -0.15) is 9.97 Å². The lowest BCUT2D eigenvalue weighted by molar-refractivity contribution is 0.314. The SMILES string of the molecule is ONc1nc2nonc2nc1NO. The van der Waals surface area contributed by atoms with Crippen LogP contribution in [0.3, 0.4) is 0 Å². The van der Waals surface area contributed by atoms with Crippen molar-refractivity contribution in [2.24, 2.45) is 0 Å². The van der Waals surface area contributed by atoms with Gasteiger partial charge in [0.15, 0.2) is 11.6 Å². The summed E-state index contributed by atoms with van der Waals surface area (Å²) in [5, 5.41) is 23.9. The van der Waals surface area contributed by atoms with E-state index in [1.54, 1.807) is 11.0 Å². The van der Waals surface area contributed by atoms with Crippen molar-refractivity contribution in [1.82, 2.24) is 20.3 Å². The summed E-state index contributed by atoms with van der Waals surface area (Å²) in [5.74, 6) is -0.156. The molecule has 0 saturated heterocycles. The summed E-state index contributed by atoms with van der Waals surface area (Å²) in [5.41, 5.74) is 3.69.